The Bertz CT molecular complexity index is 693. The third-order valence-electron chi connectivity index (χ3n) is 3.47. The second-order valence-corrected chi connectivity index (χ2v) is 9.04. The number of nitrogens with one attached hydrogen (secondary N) is 2. The molecular formula is C13H20N2O4S2. The molecule has 0 radical (unpaired) electrons. The predicted octanol–water partition coefficient (Wildman–Crippen LogP) is 0.511. The Kier molecular flexibility index (Phi) is 5.03. The minimum absolute atomic E-state index is 0.0115. The number of rotatable bonds is 5. The maximum absolute atomic E-state index is 12.3. The monoisotopic (exact) mass is 332 g/mol. The Labute approximate surface area is 125 Å². The predicted molar refractivity (Wildman–Crippen MR) is 80.4 cm³/mol. The number of hydrogen-bond acceptors (Lipinski definition) is 5. The fourth-order valence-corrected chi connectivity index (χ4v) is 4.56. The molecule has 1 aliphatic heterocycles. The van der Waals surface area contributed by atoms with Crippen molar-refractivity contribution < 1.29 is 16.8 Å². The van der Waals surface area contributed by atoms with Crippen LogP contribution < -0.4 is 10.0 Å². The molecule has 2 rings (SSSR count). The summed E-state index contributed by atoms with van der Waals surface area (Å²) in [6, 6.07) is 5.34. The van der Waals surface area contributed by atoms with Crippen LogP contribution in [-0.2, 0) is 19.9 Å². The highest BCUT2D eigenvalue weighted by molar-refractivity contribution is 7.91. The Morgan fingerprint density at radius 2 is 1.95 bits per heavy atom. The molecule has 1 saturated heterocycles. The van der Waals surface area contributed by atoms with Gasteiger partial charge in [0.1, 0.15) is 0 Å². The number of hydrogen-bond donors (Lipinski definition) is 2. The molecule has 1 fully saturated rings. The summed E-state index contributed by atoms with van der Waals surface area (Å²) >= 11 is 0. The summed E-state index contributed by atoms with van der Waals surface area (Å²) in [6.07, 6.45) is 1.69. The van der Waals surface area contributed by atoms with Crippen LogP contribution in [-0.4, -0.2) is 41.7 Å². The summed E-state index contributed by atoms with van der Waals surface area (Å²) in [5, 5.41) is 3.13. The summed E-state index contributed by atoms with van der Waals surface area (Å²) in [4.78, 5) is 0.0252. The van der Waals surface area contributed by atoms with E-state index >= 15 is 0 Å². The van der Waals surface area contributed by atoms with Crippen LogP contribution in [0.1, 0.15) is 19.8 Å². The topological polar surface area (TPSA) is 92.3 Å². The first-order chi connectivity index (χ1) is 9.85. The molecule has 1 aliphatic rings. The summed E-state index contributed by atoms with van der Waals surface area (Å²) in [5.41, 5.74) is 0. The first kappa shape index (κ1) is 16.4. The van der Waals surface area contributed by atoms with Crippen molar-refractivity contribution in [1.29, 1.82) is 0 Å². The zero-order valence-corrected chi connectivity index (χ0v) is 13.5. The van der Waals surface area contributed by atoms with E-state index in [2.05, 4.69) is 10.0 Å². The summed E-state index contributed by atoms with van der Waals surface area (Å²) in [5.74, 6) is -0.0591. The normalized spacial score (nSPS) is 20.3. The van der Waals surface area contributed by atoms with Crippen molar-refractivity contribution in [2.24, 2.45) is 0 Å². The molecule has 6 nitrogen and oxygen atoms in total. The molecule has 2 N–H and O–H groups in total. The van der Waals surface area contributed by atoms with Crippen molar-refractivity contribution in [3.8, 4) is 0 Å². The van der Waals surface area contributed by atoms with E-state index in [4.69, 9.17) is 0 Å². The van der Waals surface area contributed by atoms with Crippen molar-refractivity contribution in [3.63, 3.8) is 0 Å². The zero-order valence-electron chi connectivity index (χ0n) is 11.9. The molecule has 0 aliphatic carbocycles. The molecule has 0 saturated carbocycles. The Morgan fingerprint density at radius 3 is 2.57 bits per heavy atom. The van der Waals surface area contributed by atoms with Gasteiger partial charge in [-0.25, -0.2) is 21.6 Å². The van der Waals surface area contributed by atoms with Gasteiger partial charge >= 0.3 is 0 Å². The maximum Gasteiger partial charge on any atom is 0.240 e. The van der Waals surface area contributed by atoms with Crippen LogP contribution in [0.3, 0.4) is 0 Å². The highest BCUT2D eigenvalue weighted by Crippen LogP contribution is 2.17. The van der Waals surface area contributed by atoms with E-state index in [1.165, 1.54) is 31.2 Å². The lowest BCUT2D eigenvalue weighted by Gasteiger charge is -2.23. The number of sulfone groups is 1. The lowest BCUT2D eigenvalue weighted by Crippen LogP contribution is -2.45. The Morgan fingerprint density at radius 1 is 1.24 bits per heavy atom. The van der Waals surface area contributed by atoms with Gasteiger partial charge in [0.05, 0.1) is 15.5 Å². The third-order valence-corrected chi connectivity index (χ3v) is 6.72. The third kappa shape index (κ3) is 4.03. The molecule has 0 amide bonds. The minimum atomic E-state index is -3.71. The van der Waals surface area contributed by atoms with Gasteiger partial charge in [0.15, 0.2) is 9.84 Å². The van der Waals surface area contributed by atoms with E-state index in [0.29, 0.717) is 6.54 Å². The van der Waals surface area contributed by atoms with Crippen LogP contribution >= 0.6 is 0 Å². The van der Waals surface area contributed by atoms with Crippen molar-refractivity contribution in [2.75, 3.05) is 18.8 Å². The van der Waals surface area contributed by atoms with Gasteiger partial charge < -0.3 is 5.32 Å². The fourth-order valence-electron chi connectivity index (χ4n) is 2.24. The van der Waals surface area contributed by atoms with E-state index in [0.717, 1.165) is 19.4 Å². The lowest BCUT2D eigenvalue weighted by molar-refractivity contribution is 0.428. The smallest absolute Gasteiger partial charge is 0.240 e. The quantitative estimate of drug-likeness (QED) is 0.820. The standard InChI is InChI=1S/C13H20N2O4S2/c1-2-20(16,17)12-6-3-7-13(9-12)21(18,19)15-11-5-4-8-14-10-11/h3,6-7,9,11,14-15H,2,4-5,8,10H2,1H3. The van der Waals surface area contributed by atoms with Crippen molar-refractivity contribution in [3.05, 3.63) is 24.3 Å². The number of benzene rings is 1. The van der Waals surface area contributed by atoms with Crippen LogP contribution in [0, 0.1) is 0 Å². The molecule has 1 unspecified atom stereocenters. The van der Waals surface area contributed by atoms with Gasteiger partial charge in [-0.2, -0.15) is 0 Å². The largest absolute Gasteiger partial charge is 0.315 e. The highest BCUT2D eigenvalue weighted by Gasteiger charge is 2.23. The molecule has 8 heteroatoms. The molecule has 0 spiro atoms. The zero-order chi connectivity index (χ0) is 15.5. The second-order valence-electron chi connectivity index (χ2n) is 5.04. The van der Waals surface area contributed by atoms with Gasteiger partial charge in [0.2, 0.25) is 10.0 Å². The van der Waals surface area contributed by atoms with E-state index < -0.39 is 19.9 Å². The lowest BCUT2D eigenvalue weighted by atomic mass is 10.1. The molecule has 1 heterocycles. The molecule has 0 bridgehead atoms. The van der Waals surface area contributed by atoms with Crippen LogP contribution in [0.15, 0.2) is 34.1 Å². The van der Waals surface area contributed by atoms with E-state index in [1.54, 1.807) is 0 Å². The van der Waals surface area contributed by atoms with Gasteiger partial charge in [-0.15, -0.1) is 0 Å². The van der Waals surface area contributed by atoms with Crippen LogP contribution in [0.4, 0.5) is 0 Å². The second kappa shape index (κ2) is 6.43. The van der Waals surface area contributed by atoms with E-state index in [-0.39, 0.29) is 21.6 Å². The van der Waals surface area contributed by atoms with Crippen LogP contribution in [0.25, 0.3) is 0 Å². The Hall–Kier alpha value is -0.960. The first-order valence-corrected chi connectivity index (χ1v) is 10.0. The van der Waals surface area contributed by atoms with Gasteiger partial charge in [0, 0.05) is 12.6 Å². The van der Waals surface area contributed by atoms with Gasteiger partial charge in [0.25, 0.3) is 0 Å². The van der Waals surface area contributed by atoms with Crippen molar-refractivity contribution >= 4 is 19.9 Å². The molecule has 21 heavy (non-hydrogen) atoms. The molecule has 1 aromatic rings. The summed E-state index contributed by atoms with van der Waals surface area (Å²) < 4.78 is 51.0. The average molecular weight is 332 g/mol. The fraction of sp³-hybridized carbons (Fsp3) is 0.538. The number of sulfonamides is 1. The summed E-state index contributed by atoms with van der Waals surface area (Å²) in [7, 11) is -7.12. The van der Waals surface area contributed by atoms with Crippen molar-refractivity contribution in [2.45, 2.75) is 35.6 Å². The molecule has 0 aromatic heterocycles. The van der Waals surface area contributed by atoms with E-state index in [1.807, 2.05) is 0 Å². The van der Waals surface area contributed by atoms with Crippen LogP contribution in [0.2, 0.25) is 0 Å². The Balaban J connectivity index is 2.26. The SMILES string of the molecule is CCS(=O)(=O)c1cccc(S(=O)(=O)NC2CCCNC2)c1. The highest BCUT2D eigenvalue weighted by atomic mass is 32.2. The minimum Gasteiger partial charge on any atom is -0.315 e. The van der Waals surface area contributed by atoms with E-state index in [9.17, 15) is 16.8 Å². The first-order valence-electron chi connectivity index (χ1n) is 6.91. The molecule has 118 valence electrons. The van der Waals surface area contributed by atoms with Gasteiger partial charge in [-0.05, 0) is 37.6 Å². The van der Waals surface area contributed by atoms with Crippen molar-refractivity contribution in [1.82, 2.24) is 10.0 Å². The molecule has 1 aromatic carbocycles. The molecular weight excluding hydrogens is 312 g/mol. The summed E-state index contributed by atoms with van der Waals surface area (Å²) in [6.45, 7) is 3.01. The molecule has 1 atom stereocenters. The van der Waals surface area contributed by atoms with Gasteiger partial charge in [-0.1, -0.05) is 13.0 Å². The maximum atomic E-state index is 12.3. The van der Waals surface area contributed by atoms with Gasteiger partial charge in [-0.3, -0.25) is 0 Å². The average Bonchev–Trinajstić information content (AvgIpc) is 2.48. The van der Waals surface area contributed by atoms with Crippen LogP contribution in [0.5, 0.6) is 0 Å². The number of piperidine rings is 1.